The summed E-state index contributed by atoms with van der Waals surface area (Å²) in [6.07, 6.45) is 1.06. The van der Waals surface area contributed by atoms with Crippen molar-refractivity contribution in [2.24, 2.45) is 0 Å². The summed E-state index contributed by atoms with van der Waals surface area (Å²) in [5, 5.41) is 0. The minimum absolute atomic E-state index is 0.0331. The normalized spacial score (nSPS) is 15.5. The maximum absolute atomic E-state index is 13.2. The van der Waals surface area contributed by atoms with Gasteiger partial charge in [0.15, 0.2) is 6.10 Å². The SMILES string of the molecule is Cc1c(C)c(OC(C)C(=O)N(C)C2CCN(CC(=O)N(C)c3ccccc3)CC2)c(C)c(C)c1N. The molecule has 1 atom stereocenters. The van der Waals surface area contributed by atoms with E-state index in [0.717, 1.165) is 65.3 Å². The monoisotopic (exact) mass is 480 g/mol. The number of hydrogen-bond acceptors (Lipinski definition) is 5. The number of para-hydroxylation sites is 1. The highest BCUT2D eigenvalue weighted by molar-refractivity contribution is 5.94. The predicted octanol–water partition coefficient (Wildman–Crippen LogP) is 3.86. The van der Waals surface area contributed by atoms with Crippen LogP contribution in [0.25, 0.3) is 0 Å². The van der Waals surface area contributed by atoms with E-state index in [1.165, 1.54) is 0 Å². The molecule has 0 aliphatic carbocycles. The number of hydrogen-bond donors (Lipinski definition) is 1. The molecule has 1 unspecified atom stereocenters. The molecule has 0 radical (unpaired) electrons. The van der Waals surface area contributed by atoms with E-state index in [9.17, 15) is 9.59 Å². The molecule has 7 heteroatoms. The number of likely N-dealkylation sites (N-methyl/N-ethyl adjacent to an activating group) is 2. The van der Waals surface area contributed by atoms with E-state index in [0.29, 0.717) is 6.54 Å². The molecule has 35 heavy (non-hydrogen) atoms. The van der Waals surface area contributed by atoms with E-state index in [-0.39, 0.29) is 17.9 Å². The predicted molar refractivity (Wildman–Crippen MR) is 142 cm³/mol. The number of piperidine rings is 1. The summed E-state index contributed by atoms with van der Waals surface area (Å²) < 4.78 is 6.20. The van der Waals surface area contributed by atoms with Crippen LogP contribution < -0.4 is 15.4 Å². The first kappa shape index (κ1) is 26.5. The van der Waals surface area contributed by atoms with Crippen LogP contribution in [0.2, 0.25) is 0 Å². The minimum Gasteiger partial charge on any atom is -0.480 e. The Bertz CT molecular complexity index is 1030. The molecular weight excluding hydrogens is 440 g/mol. The van der Waals surface area contributed by atoms with Gasteiger partial charge in [0.05, 0.1) is 6.54 Å². The molecule has 1 aliphatic rings. The zero-order chi connectivity index (χ0) is 25.9. The van der Waals surface area contributed by atoms with Crippen LogP contribution in [0, 0.1) is 27.7 Å². The third kappa shape index (κ3) is 5.78. The number of amides is 2. The molecule has 190 valence electrons. The molecule has 0 aromatic heterocycles. The number of rotatable bonds is 7. The molecule has 1 heterocycles. The van der Waals surface area contributed by atoms with E-state index >= 15 is 0 Å². The Morgan fingerprint density at radius 3 is 2.09 bits per heavy atom. The third-order valence-electron chi connectivity index (χ3n) is 7.59. The lowest BCUT2D eigenvalue weighted by molar-refractivity contribution is -0.139. The van der Waals surface area contributed by atoms with Crippen molar-refractivity contribution in [3.05, 3.63) is 52.6 Å². The quantitative estimate of drug-likeness (QED) is 0.609. The van der Waals surface area contributed by atoms with Crippen molar-refractivity contribution in [2.45, 2.75) is 59.6 Å². The van der Waals surface area contributed by atoms with Gasteiger partial charge in [0, 0.05) is 44.6 Å². The van der Waals surface area contributed by atoms with Crippen molar-refractivity contribution in [3.8, 4) is 5.75 Å². The Morgan fingerprint density at radius 2 is 1.54 bits per heavy atom. The van der Waals surface area contributed by atoms with Crippen LogP contribution in [0.3, 0.4) is 0 Å². The topological polar surface area (TPSA) is 79.1 Å². The minimum atomic E-state index is -0.598. The Labute approximate surface area is 209 Å². The van der Waals surface area contributed by atoms with Crippen LogP contribution in [-0.4, -0.2) is 67.5 Å². The summed E-state index contributed by atoms with van der Waals surface area (Å²) in [6.45, 7) is 11.7. The molecule has 3 rings (SSSR count). The molecule has 1 saturated heterocycles. The smallest absolute Gasteiger partial charge is 0.263 e. The number of nitrogen functional groups attached to an aromatic ring is 1. The van der Waals surface area contributed by atoms with Gasteiger partial charge in [-0.15, -0.1) is 0 Å². The van der Waals surface area contributed by atoms with Gasteiger partial charge in [-0.3, -0.25) is 14.5 Å². The van der Waals surface area contributed by atoms with E-state index in [1.54, 1.807) is 4.90 Å². The highest BCUT2D eigenvalue weighted by Gasteiger charge is 2.30. The molecule has 1 aliphatic heterocycles. The van der Waals surface area contributed by atoms with Gasteiger partial charge >= 0.3 is 0 Å². The Balaban J connectivity index is 1.55. The number of carbonyl (C=O) groups is 2. The zero-order valence-corrected chi connectivity index (χ0v) is 22.2. The molecule has 2 aromatic carbocycles. The maximum atomic E-state index is 13.2. The highest BCUT2D eigenvalue weighted by Crippen LogP contribution is 2.35. The van der Waals surface area contributed by atoms with Crippen LogP contribution in [0.1, 0.15) is 42.0 Å². The summed E-state index contributed by atoms with van der Waals surface area (Å²) in [5.74, 6) is 0.787. The van der Waals surface area contributed by atoms with Crippen molar-refractivity contribution in [1.82, 2.24) is 9.80 Å². The van der Waals surface area contributed by atoms with Gasteiger partial charge in [-0.05, 0) is 81.8 Å². The summed E-state index contributed by atoms with van der Waals surface area (Å²) in [6, 6.07) is 9.80. The van der Waals surface area contributed by atoms with Gasteiger partial charge in [-0.25, -0.2) is 0 Å². The van der Waals surface area contributed by atoms with Crippen molar-refractivity contribution in [3.63, 3.8) is 0 Å². The largest absolute Gasteiger partial charge is 0.480 e. The fraction of sp³-hybridized carbons (Fsp3) is 0.500. The molecular formula is C28H40N4O3. The van der Waals surface area contributed by atoms with Gasteiger partial charge < -0.3 is 20.3 Å². The van der Waals surface area contributed by atoms with E-state index in [1.807, 2.05) is 83.9 Å². The van der Waals surface area contributed by atoms with Gasteiger partial charge in [0.2, 0.25) is 5.91 Å². The Morgan fingerprint density at radius 1 is 1.00 bits per heavy atom. The van der Waals surface area contributed by atoms with Crippen LogP contribution in [0.15, 0.2) is 30.3 Å². The third-order valence-corrected chi connectivity index (χ3v) is 7.59. The lowest BCUT2D eigenvalue weighted by Gasteiger charge is -2.37. The van der Waals surface area contributed by atoms with Crippen molar-refractivity contribution in [1.29, 1.82) is 0 Å². The average Bonchev–Trinajstić information content (AvgIpc) is 2.88. The van der Waals surface area contributed by atoms with Crippen LogP contribution in [0.5, 0.6) is 5.75 Å². The number of ether oxygens (including phenoxy) is 1. The number of benzene rings is 2. The van der Waals surface area contributed by atoms with Crippen LogP contribution in [-0.2, 0) is 9.59 Å². The standard InChI is InChI=1S/C28H40N4O3/c1-18-20(3)27(21(4)19(2)26(18)29)35-22(5)28(34)31(7)24-13-15-32(16-14-24)17-25(33)30(6)23-11-9-8-10-12-23/h8-12,22,24H,13-17,29H2,1-7H3. The second-order valence-corrected chi connectivity index (χ2v) is 9.75. The van der Waals surface area contributed by atoms with Gasteiger partial charge in [0.25, 0.3) is 5.91 Å². The Hall–Kier alpha value is -3.06. The van der Waals surface area contributed by atoms with Crippen molar-refractivity contribution < 1.29 is 14.3 Å². The molecule has 0 spiro atoms. The van der Waals surface area contributed by atoms with Crippen molar-refractivity contribution >= 4 is 23.2 Å². The van der Waals surface area contributed by atoms with Crippen LogP contribution in [0.4, 0.5) is 11.4 Å². The number of anilines is 2. The molecule has 0 bridgehead atoms. The second kappa shape index (κ2) is 11.1. The molecule has 2 N–H and O–H groups in total. The number of nitrogens with two attached hydrogens (primary N) is 1. The number of nitrogens with zero attached hydrogens (tertiary/aromatic N) is 3. The zero-order valence-electron chi connectivity index (χ0n) is 22.2. The van der Waals surface area contributed by atoms with E-state index < -0.39 is 6.10 Å². The fourth-order valence-corrected chi connectivity index (χ4v) is 4.74. The van der Waals surface area contributed by atoms with Gasteiger partial charge in [0.1, 0.15) is 5.75 Å². The first-order valence-electron chi connectivity index (χ1n) is 12.4. The van der Waals surface area contributed by atoms with Crippen molar-refractivity contribution in [2.75, 3.05) is 44.4 Å². The Kier molecular flexibility index (Phi) is 8.43. The lowest BCUT2D eigenvalue weighted by atomic mass is 9.97. The maximum Gasteiger partial charge on any atom is 0.263 e. The van der Waals surface area contributed by atoms with E-state index in [2.05, 4.69) is 4.90 Å². The summed E-state index contributed by atoms with van der Waals surface area (Å²) >= 11 is 0. The van der Waals surface area contributed by atoms with Gasteiger partial charge in [-0.1, -0.05) is 18.2 Å². The highest BCUT2D eigenvalue weighted by atomic mass is 16.5. The van der Waals surface area contributed by atoms with Crippen LogP contribution >= 0.6 is 0 Å². The molecule has 7 nitrogen and oxygen atoms in total. The second-order valence-electron chi connectivity index (χ2n) is 9.75. The fourth-order valence-electron chi connectivity index (χ4n) is 4.74. The molecule has 2 amide bonds. The molecule has 0 saturated carbocycles. The van der Waals surface area contributed by atoms with E-state index in [4.69, 9.17) is 10.5 Å². The first-order chi connectivity index (χ1) is 16.5. The van der Waals surface area contributed by atoms with Gasteiger partial charge in [-0.2, -0.15) is 0 Å². The summed E-state index contributed by atoms with van der Waals surface area (Å²) in [4.78, 5) is 31.6. The summed E-state index contributed by atoms with van der Waals surface area (Å²) in [7, 11) is 3.67. The molecule has 1 fully saturated rings. The average molecular weight is 481 g/mol. The number of likely N-dealkylation sites (tertiary alicyclic amines) is 1. The number of carbonyl (C=O) groups excluding carboxylic acids is 2. The summed E-state index contributed by atoms with van der Waals surface area (Å²) in [5.41, 5.74) is 11.8. The lowest BCUT2D eigenvalue weighted by Crippen LogP contribution is -2.50. The first-order valence-corrected chi connectivity index (χ1v) is 12.4. The molecule has 2 aromatic rings.